The summed E-state index contributed by atoms with van der Waals surface area (Å²) in [5.74, 6) is -1.10. The second kappa shape index (κ2) is 6.54. The summed E-state index contributed by atoms with van der Waals surface area (Å²) in [5.41, 5.74) is 1.52. The van der Waals surface area contributed by atoms with E-state index in [0.29, 0.717) is 15.8 Å². The van der Waals surface area contributed by atoms with E-state index in [2.05, 4.69) is 15.9 Å². The zero-order chi connectivity index (χ0) is 15.4. The molecule has 3 nitrogen and oxygen atoms in total. The summed E-state index contributed by atoms with van der Waals surface area (Å²) in [6.45, 7) is 1.88. The van der Waals surface area contributed by atoms with Crippen LogP contribution in [-0.4, -0.2) is 11.1 Å². The van der Waals surface area contributed by atoms with Gasteiger partial charge in [-0.25, -0.2) is 9.18 Å². The van der Waals surface area contributed by atoms with Crippen molar-refractivity contribution < 1.29 is 19.0 Å². The Hall–Kier alpha value is -2.14. The van der Waals surface area contributed by atoms with Gasteiger partial charge in [0.05, 0.1) is 0 Å². The van der Waals surface area contributed by atoms with Crippen LogP contribution in [0.15, 0.2) is 46.9 Å². The molecule has 108 valence electrons. The largest absolute Gasteiger partial charge is 0.478 e. The highest BCUT2D eigenvalue weighted by molar-refractivity contribution is 9.10. The van der Waals surface area contributed by atoms with Crippen molar-refractivity contribution in [2.24, 2.45) is 0 Å². The maximum Gasteiger partial charge on any atom is 0.328 e. The van der Waals surface area contributed by atoms with E-state index in [1.165, 1.54) is 18.2 Å². The van der Waals surface area contributed by atoms with Crippen molar-refractivity contribution in [2.75, 3.05) is 0 Å². The van der Waals surface area contributed by atoms with Crippen LogP contribution in [0.3, 0.4) is 0 Å². The quantitative estimate of drug-likeness (QED) is 0.806. The predicted molar refractivity (Wildman–Crippen MR) is 82.0 cm³/mol. The Morgan fingerprint density at radius 2 is 1.95 bits per heavy atom. The third-order valence-corrected chi connectivity index (χ3v) is 3.18. The number of ether oxygens (including phenoxy) is 1. The standard InChI is InChI=1S/C16H12BrFO3/c1-10-2-5-14(11(8-10)3-7-16(19)20)21-15-6-4-12(17)9-13(15)18/h2-9H,1H3,(H,19,20)/b7-3+. The fraction of sp³-hybridized carbons (Fsp3) is 0.0625. The van der Waals surface area contributed by atoms with Crippen LogP contribution in [0.5, 0.6) is 11.5 Å². The molecule has 0 fully saturated rings. The van der Waals surface area contributed by atoms with Gasteiger partial charge in [-0.15, -0.1) is 0 Å². The first-order chi connectivity index (χ1) is 9.95. The molecular weight excluding hydrogens is 339 g/mol. The molecule has 0 aliphatic rings. The Labute approximate surface area is 129 Å². The Balaban J connectivity index is 2.37. The summed E-state index contributed by atoms with van der Waals surface area (Å²) in [6.07, 6.45) is 2.43. The highest BCUT2D eigenvalue weighted by Crippen LogP contribution is 2.30. The van der Waals surface area contributed by atoms with Crippen LogP contribution in [0.25, 0.3) is 6.08 Å². The molecule has 0 saturated carbocycles. The number of rotatable bonds is 4. The first-order valence-corrected chi connectivity index (χ1v) is 6.89. The Bertz CT molecular complexity index is 711. The Kier molecular flexibility index (Phi) is 4.75. The number of carboxylic acids is 1. The lowest BCUT2D eigenvalue weighted by Gasteiger charge is -2.10. The number of aryl methyl sites for hydroxylation is 1. The molecule has 2 aromatic rings. The molecule has 0 atom stereocenters. The molecule has 0 aliphatic carbocycles. The van der Waals surface area contributed by atoms with Gasteiger partial charge in [0.2, 0.25) is 0 Å². The molecule has 0 aliphatic heterocycles. The average molecular weight is 351 g/mol. The minimum absolute atomic E-state index is 0.0760. The van der Waals surface area contributed by atoms with E-state index < -0.39 is 11.8 Å². The van der Waals surface area contributed by atoms with Crippen LogP contribution >= 0.6 is 15.9 Å². The third-order valence-electron chi connectivity index (χ3n) is 2.68. The number of benzene rings is 2. The molecule has 21 heavy (non-hydrogen) atoms. The summed E-state index contributed by atoms with van der Waals surface area (Å²) in [6, 6.07) is 9.73. The van der Waals surface area contributed by atoms with Gasteiger partial charge in [-0.3, -0.25) is 0 Å². The first kappa shape index (κ1) is 15.3. The van der Waals surface area contributed by atoms with Gasteiger partial charge in [-0.2, -0.15) is 0 Å². The van der Waals surface area contributed by atoms with Crippen LogP contribution < -0.4 is 4.74 Å². The van der Waals surface area contributed by atoms with E-state index in [1.54, 1.807) is 18.2 Å². The molecule has 0 bridgehead atoms. The van der Waals surface area contributed by atoms with E-state index in [-0.39, 0.29) is 5.75 Å². The number of aliphatic carboxylic acids is 1. The summed E-state index contributed by atoms with van der Waals surface area (Å²) in [5, 5.41) is 8.71. The molecule has 2 aromatic carbocycles. The molecular formula is C16H12BrFO3. The highest BCUT2D eigenvalue weighted by atomic mass is 79.9. The van der Waals surface area contributed by atoms with Crippen molar-refractivity contribution >= 4 is 28.0 Å². The lowest BCUT2D eigenvalue weighted by atomic mass is 10.1. The second-order valence-electron chi connectivity index (χ2n) is 4.39. The molecule has 0 spiro atoms. The van der Waals surface area contributed by atoms with Crippen molar-refractivity contribution in [2.45, 2.75) is 6.92 Å². The summed E-state index contributed by atoms with van der Waals surface area (Å²) < 4.78 is 19.9. The molecule has 5 heteroatoms. The average Bonchev–Trinajstić information content (AvgIpc) is 2.41. The summed E-state index contributed by atoms with van der Waals surface area (Å²) in [7, 11) is 0. The summed E-state index contributed by atoms with van der Waals surface area (Å²) in [4.78, 5) is 10.6. The molecule has 0 saturated heterocycles. The number of hydrogen-bond acceptors (Lipinski definition) is 2. The zero-order valence-corrected chi connectivity index (χ0v) is 12.7. The molecule has 0 amide bonds. The van der Waals surface area contributed by atoms with Crippen LogP contribution in [0.2, 0.25) is 0 Å². The van der Waals surface area contributed by atoms with E-state index in [9.17, 15) is 9.18 Å². The van der Waals surface area contributed by atoms with Crippen molar-refractivity contribution in [1.82, 2.24) is 0 Å². The SMILES string of the molecule is Cc1ccc(Oc2ccc(Br)cc2F)c(/C=C/C(=O)O)c1. The number of carbonyl (C=O) groups is 1. The van der Waals surface area contributed by atoms with Crippen LogP contribution in [-0.2, 0) is 4.79 Å². The number of carboxylic acid groups (broad SMARTS) is 1. The van der Waals surface area contributed by atoms with E-state index in [1.807, 2.05) is 13.0 Å². The van der Waals surface area contributed by atoms with Crippen molar-refractivity contribution in [1.29, 1.82) is 0 Å². The molecule has 0 heterocycles. The van der Waals surface area contributed by atoms with Gasteiger partial charge in [0.15, 0.2) is 11.6 Å². The molecule has 0 aromatic heterocycles. The highest BCUT2D eigenvalue weighted by Gasteiger charge is 2.08. The van der Waals surface area contributed by atoms with Gasteiger partial charge in [0.1, 0.15) is 5.75 Å². The normalized spacial score (nSPS) is 10.8. The van der Waals surface area contributed by atoms with E-state index >= 15 is 0 Å². The minimum Gasteiger partial charge on any atom is -0.478 e. The second-order valence-corrected chi connectivity index (χ2v) is 5.31. The Morgan fingerprint density at radius 1 is 1.24 bits per heavy atom. The van der Waals surface area contributed by atoms with Crippen molar-refractivity contribution in [3.05, 3.63) is 63.9 Å². The van der Waals surface area contributed by atoms with E-state index in [4.69, 9.17) is 9.84 Å². The van der Waals surface area contributed by atoms with Crippen LogP contribution in [0.1, 0.15) is 11.1 Å². The van der Waals surface area contributed by atoms with Gasteiger partial charge in [-0.05, 0) is 43.3 Å². The third kappa shape index (κ3) is 4.16. The number of hydrogen-bond donors (Lipinski definition) is 1. The fourth-order valence-electron chi connectivity index (χ4n) is 1.73. The first-order valence-electron chi connectivity index (χ1n) is 6.10. The van der Waals surface area contributed by atoms with Gasteiger partial charge in [-0.1, -0.05) is 27.6 Å². The maximum absolute atomic E-state index is 13.8. The van der Waals surface area contributed by atoms with Gasteiger partial charge in [0.25, 0.3) is 0 Å². The molecule has 2 rings (SSSR count). The predicted octanol–water partition coefficient (Wildman–Crippen LogP) is 4.79. The van der Waals surface area contributed by atoms with Gasteiger partial charge < -0.3 is 9.84 Å². The van der Waals surface area contributed by atoms with E-state index in [0.717, 1.165) is 11.6 Å². The fourth-order valence-corrected chi connectivity index (χ4v) is 2.06. The number of halogens is 2. The van der Waals surface area contributed by atoms with Gasteiger partial charge >= 0.3 is 5.97 Å². The maximum atomic E-state index is 13.8. The topological polar surface area (TPSA) is 46.5 Å². The monoisotopic (exact) mass is 350 g/mol. The molecule has 1 N–H and O–H groups in total. The summed E-state index contributed by atoms with van der Waals surface area (Å²) >= 11 is 3.17. The van der Waals surface area contributed by atoms with Crippen LogP contribution in [0.4, 0.5) is 4.39 Å². The molecule has 0 radical (unpaired) electrons. The lowest BCUT2D eigenvalue weighted by Crippen LogP contribution is -1.92. The smallest absolute Gasteiger partial charge is 0.328 e. The van der Waals surface area contributed by atoms with Crippen molar-refractivity contribution in [3.63, 3.8) is 0 Å². The Morgan fingerprint density at radius 3 is 2.62 bits per heavy atom. The molecule has 0 unspecified atom stereocenters. The van der Waals surface area contributed by atoms with Crippen molar-refractivity contribution in [3.8, 4) is 11.5 Å². The van der Waals surface area contributed by atoms with Crippen LogP contribution in [0, 0.1) is 12.7 Å². The minimum atomic E-state index is -1.06. The van der Waals surface area contributed by atoms with Gasteiger partial charge in [0, 0.05) is 16.1 Å². The lowest BCUT2D eigenvalue weighted by molar-refractivity contribution is -0.131. The zero-order valence-electron chi connectivity index (χ0n) is 11.1.